The van der Waals surface area contributed by atoms with Crippen LogP contribution in [0.5, 0.6) is 0 Å². The average Bonchev–Trinajstić information content (AvgIpc) is 3.11. The first-order valence-corrected chi connectivity index (χ1v) is 17.6. The van der Waals surface area contributed by atoms with Crippen LogP contribution in [0.4, 0.5) is 15.3 Å². The Morgan fingerprint density at radius 1 is 0.830 bits per heavy atom. The van der Waals surface area contributed by atoms with E-state index in [0.29, 0.717) is 52.0 Å². The molecule has 2 N–H and O–H groups in total. The minimum Gasteiger partial charge on any atom is -0.338 e. The van der Waals surface area contributed by atoms with Crippen LogP contribution in [0.2, 0.25) is 0 Å². The molecule has 11 heteroatoms. The summed E-state index contributed by atoms with van der Waals surface area (Å²) >= 11 is 0. The van der Waals surface area contributed by atoms with Crippen molar-refractivity contribution in [3.8, 4) is 0 Å². The topological polar surface area (TPSA) is 94.7 Å². The highest BCUT2D eigenvalue weighted by molar-refractivity contribution is 5.92. The molecule has 47 heavy (non-hydrogen) atoms. The lowest BCUT2D eigenvalue weighted by atomic mass is 9.96. The molecule has 2 aromatic rings. The summed E-state index contributed by atoms with van der Waals surface area (Å²) in [4.78, 5) is 48.8. The molecule has 5 amide bonds. The number of hydrazine groups is 1. The van der Waals surface area contributed by atoms with Gasteiger partial charge in [0.05, 0.1) is 0 Å². The summed E-state index contributed by atoms with van der Waals surface area (Å²) in [7, 11) is 2.16. The number of benzene rings is 2. The van der Waals surface area contributed by atoms with Gasteiger partial charge in [-0.1, -0.05) is 50.2 Å². The second-order valence-corrected chi connectivity index (χ2v) is 13.5. The summed E-state index contributed by atoms with van der Waals surface area (Å²) in [6.45, 7) is 13.1. The number of carbonyl (C=O) groups is 3. The molecule has 6 rings (SSSR count). The number of amides is 5. The van der Waals surface area contributed by atoms with Crippen LogP contribution >= 0.6 is 0 Å². The maximum atomic E-state index is 14.1. The van der Waals surface area contributed by atoms with Crippen molar-refractivity contribution in [3.05, 3.63) is 64.7 Å². The number of fused-ring (bicyclic) bond motifs is 1. The number of likely N-dealkylation sites (tertiary alicyclic amines) is 1. The van der Waals surface area contributed by atoms with E-state index in [2.05, 4.69) is 64.6 Å². The van der Waals surface area contributed by atoms with E-state index in [0.717, 1.165) is 68.9 Å². The van der Waals surface area contributed by atoms with Gasteiger partial charge in [0.1, 0.15) is 6.04 Å². The number of piperidine rings is 1. The van der Waals surface area contributed by atoms with Crippen molar-refractivity contribution < 1.29 is 14.4 Å². The number of nitrogens with one attached hydrogen (secondary N) is 2. The summed E-state index contributed by atoms with van der Waals surface area (Å²) in [5.41, 5.74) is 5.68. The Hall–Kier alpha value is -3.67. The minimum absolute atomic E-state index is 0.00691. The molecule has 4 aliphatic heterocycles. The quantitative estimate of drug-likeness (QED) is 0.459. The normalized spacial score (nSPS) is 20.9. The fraction of sp³-hybridized carbons (Fsp3) is 0.583. The first-order valence-electron chi connectivity index (χ1n) is 17.6. The Morgan fingerprint density at radius 2 is 1.49 bits per heavy atom. The molecule has 0 spiro atoms. The van der Waals surface area contributed by atoms with Crippen LogP contribution in [0.15, 0.2) is 42.5 Å². The van der Waals surface area contributed by atoms with E-state index in [4.69, 9.17) is 0 Å². The van der Waals surface area contributed by atoms with Crippen molar-refractivity contribution in [2.24, 2.45) is 0 Å². The van der Waals surface area contributed by atoms with Gasteiger partial charge in [0.2, 0.25) is 5.91 Å². The van der Waals surface area contributed by atoms with Crippen molar-refractivity contribution in [1.82, 2.24) is 34.9 Å². The van der Waals surface area contributed by atoms with E-state index in [1.807, 2.05) is 39.0 Å². The van der Waals surface area contributed by atoms with Crippen LogP contribution in [0.25, 0.3) is 0 Å². The summed E-state index contributed by atoms with van der Waals surface area (Å²) in [5.74, 6) is -0.00691. The number of urea groups is 2. The molecule has 254 valence electrons. The Balaban J connectivity index is 1.09. The zero-order chi connectivity index (χ0) is 32.9. The van der Waals surface area contributed by atoms with Crippen molar-refractivity contribution in [3.63, 3.8) is 0 Å². The van der Waals surface area contributed by atoms with E-state index in [1.165, 1.54) is 11.1 Å². The fourth-order valence-electron chi connectivity index (χ4n) is 7.55. The van der Waals surface area contributed by atoms with E-state index in [9.17, 15) is 14.4 Å². The molecule has 1 unspecified atom stereocenters. The van der Waals surface area contributed by atoms with Gasteiger partial charge < -0.3 is 30.2 Å². The number of piperazine rings is 2. The number of anilines is 1. The molecule has 0 radical (unpaired) electrons. The molecular formula is C36H52N8O3. The van der Waals surface area contributed by atoms with Crippen molar-refractivity contribution in [1.29, 1.82) is 0 Å². The lowest BCUT2D eigenvalue weighted by Gasteiger charge is -2.44. The maximum absolute atomic E-state index is 14.1. The number of hydrogen-bond donors (Lipinski definition) is 2. The van der Waals surface area contributed by atoms with Crippen LogP contribution in [0, 0.1) is 0 Å². The predicted molar refractivity (Wildman–Crippen MR) is 184 cm³/mol. The highest BCUT2D eigenvalue weighted by Crippen LogP contribution is 2.28. The van der Waals surface area contributed by atoms with E-state index in [1.54, 1.807) is 0 Å². The molecule has 3 fully saturated rings. The molecule has 0 aliphatic carbocycles. The molecule has 3 saturated heterocycles. The second kappa shape index (κ2) is 15.0. The van der Waals surface area contributed by atoms with Gasteiger partial charge in [-0.05, 0) is 61.1 Å². The van der Waals surface area contributed by atoms with Crippen molar-refractivity contribution >= 4 is 23.7 Å². The predicted octanol–water partition coefficient (Wildman–Crippen LogP) is 3.25. The zero-order valence-electron chi connectivity index (χ0n) is 28.4. The Morgan fingerprint density at radius 3 is 2.17 bits per heavy atom. The van der Waals surface area contributed by atoms with Gasteiger partial charge in [0.15, 0.2) is 0 Å². The lowest BCUT2D eigenvalue weighted by molar-refractivity contribution is -0.140. The van der Waals surface area contributed by atoms with Crippen LogP contribution in [0.3, 0.4) is 0 Å². The van der Waals surface area contributed by atoms with Gasteiger partial charge in [-0.15, -0.1) is 0 Å². The average molecular weight is 645 g/mol. The number of nitrogens with zero attached hydrogens (tertiary/aromatic N) is 6. The van der Waals surface area contributed by atoms with Gasteiger partial charge in [-0.25, -0.2) is 19.6 Å². The Labute approximate surface area is 279 Å². The number of rotatable bonds is 8. The summed E-state index contributed by atoms with van der Waals surface area (Å²) in [5, 5.41) is 11.0. The monoisotopic (exact) mass is 644 g/mol. The van der Waals surface area contributed by atoms with E-state index >= 15 is 0 Å². The van der Waals surface area contributed by atoms with Crippen LogP contribution in [0.1, 0.15) is 48.9 Å². The van der Waals surface area contributed by atoms with Crippen LogP contribution in [-0.2, 0) is 30.6 Å². The molecule has 4 aliphatic rings. The number of carbonyl (C=O) groups excluding carboxylic acids is 3. The van der Waals surface area contributed by atoms with Crippen molar-refractivity contribution in [2.75, 3.05) is 77.8 Å². The number of hydrogen-bond acceptors (Lipinski definition) is 6. The minimum atomic E-state index is -0.642. The van der Waals surface area contributed by atoms with Gasteiger partial charge in [0, 0.05) is 90.1 Å². The Bertz CT molecular complexity index is 1410. The zero-order valence-corrected chi connectivity index (χ0v) is 28.4. The Kier molecular flexibility index (Phi) is 10.6. The molecule has 0 aromatic heterocycles. The first kappa shape index (κ1) is 33.2. The molecule has 11 nitrogen and oxygen atoms in total. The lowest BCUT2D eigenvalue weighted by Crippen LogP contribution is -2.61. The van der Waals surface area contributed by atoms with Gasteiger partial charge in [0.25, 0.3) is 0 Å². The molecule has 0 saturated carbocycles. The number of likely N-dealkylation sites (N-methyl/N-ethyl adjacent to an activating group) is 1. The standard InChI is InChI=1S/C36H52N8O3/c1-4-28-11-10-27(24-29(28)5-2)25-33(34(45)40-18-22-43(23-19-40)42-20-16-39(3)17-21-42)38-35(46)41-14-12-31(13-15-41)44-26-30-8-6-7-9-32(30)37-36(44)47/h6-11,24,31,33H,4-5,12-23,25-26H2,1-3H3,(H,37,47)(H,38,46). The largest absolute Gasteiger partial charge is 0.338 e. The second-order valence-electron chi connectivity index (χ2n) is 13.5. The highest BCUT2D eigenvalue weighted by atomic mass is 16.2. The summed E-state index contributed by atoms with van der Waals surface area (Å²) < 4.78 is 0. The highest BCUT2D eigenvalue weighted by Gasteiger charge is 2.35. The number of para-hydroxylation sites is 1. The summed E-state index contributed by atoms with van der Waals surface area (Å²) in [6.07, 6.45) is 3.78. The number of aryl methyl sites for hydroxylation is 2. The molecule has 4 heterocycles. The van der Waals surface area contributed by atoms with E-state index in [-0.39, 0.29) is 24.0 Å². The fourth-order valence-corrected chi connectivity index (χ4v) is 7.55. The third-order valence-corrected chi connectivity index (χ3v) is 10.6. The molecular weight excluding hydrogens is 592 g/mol. The molecule has 2 aromatic carbocycles. The van der Waals surface area contributed by atoms with Crippen LogP contribution in [-0.4, -0.2) is 132 Å². The molecule has 0 bridgehead atoms. The third-order valence-electron chi connectivity index (χ3n) is 10.6. The first-order chi connectivity index (χ1) is 22.8. The smallest absolute Gasteiger partial charge is 0.322 e. The van der Waals surface area contributed by atoms with Gasteiger partial charge in [-0.2, -0.15) is 0 Å². The van der Waals surface area contributed by atoms with Gasteiger partial charge >= 0.3 is 12.1 Å². The van der Waals surface area contributed by atoms with Crippen molar-refractivity contribution in [2.45, 2.75) is 64.6 Å². The van der Waals surface area contributed by atoms with Crippen LogP contribution < -0.4 is 10.6 Å². The molecule has 1 atom stereocenters. The third kappa shape index (κ3) is 7.74. The summed E-state index contributed by atoms with van der Waals surface area (Å²) in [6, 6.07) is 13.5. The SMILES string of the molecule is CCc1ccc(CC(NC(=O)N2CCC(N3Cc4ccccc4NC3=O)CC2)C(=O)N2CCN(N3CCN(C)CC3)CC2)cc1CC. The van der Waals surface area contributed by atoms with E-state index < -0.39 is 6.04 Å². The maximum Gasteiger partial charge on any atom is 0.322 e. The van der Waals surface area contributed by atoms with Gasteiger partial charge in [-0.3, -0.25) is 4.79 Å².